The van der Waals surface area contributed by atoms with Gasteiger partial charge in [0.25, 0.3) is 0 Å². The summed E-state index contributed by atoms with van der Waals surface area (Å²) in [5, 5.41) is 8.02. The molecule has 3 nitrogen and oxygen atoms in total. The van der Waals surface area contributed by atoms with E-state index in [1.807, 2.05) is 17.8 Å². The molecule has 0 spiro atoms. The SMILES string of the molecule is CCC(CC)Cn1cc(C(C)Cl)nn1. The average molecular weight is 216 g/mol. The molecule has 80 valence electrons. The topological polar surface area (TPSA) is 30.7 Å². The van der Waals surface area contributed by atoms with Crippen LogP contribution in [-0.4, -0.2) is 15.0 Å². The van der Waals surface area contributed by atoms with Crippen LogP contribution in [0.15, 0.2) is 6.20 Å². The van der Waals surface area contributed by atoms with Crippen molar-refractivity contribution in [3.63, 3.8) is 0 Å². The third-order valence-electron chi connectivity index (χ3n) is 2.56. The van der Waals surface area contributed by atoms with Gasteiger partial charge in [-0.15, -0.1) is 16.7 Å². The van der Waals surface area contributed by atoms with Crippen molar-refractivity contribution < 1.29 is 0 Å². The molecule has 1 aromatic heterocycles. The summed E-state index contributed by atoms with van der Waals surface area (Å²) >= 11 is 5.90. The molecule has 0 saturated carbocycles. The molecule has 1 heterocycles. The maximum absolute atomic E-state index is 5.90. The Labute approximate surface area is 90.4 Å². The van der Waals surface area contributed by atoms with Crippen LogP contribution in [-0.2, 0) is 6.54 Å². The highest BCUT2D eigenvalue weighted by molar-refractivity contribution is 6.20. The van der Waals surface area contributed by atoms with Crippen LogP contribution in [0, 0.1) is 5.92 Å². The number of hydrogen-bond donors (Lipinski definition) is 0. The first-order valence-corrected chi connectivity index (χ1v) is 5.65. The fourth-order valence-corrected chi connectivity index (χ4v) is 1.50. The quantitative estimate of drug-likeness (QED) is 0.707. The number of hydrogen-bond acceptors (Lipinski definition) is 2. The van der Waals surface area contributed by atoms with Crippen molar-refractivity contribution in [1.29, 1.82) is 0 Å². The van der Waals surface area contributed by atoms with E-state index in [1.165, 1.54) is 12.8 Å². The highest BCUT2D eigenvalue weighted by atomic mass is 35.5. The van der Waals surface area contributed by atoms with Gasteiger partial charge in [-0.05, 0) is 12.8 Å². The number of halogens is 1. The van der Waals surface area contributed by atoms with Crippen LogP contribution in [0.5, 0.6) is 0 Å². The Bertz CT molecular complexity index is 266. The summed E-state index contributed by atoms with van der Waals surface area (Å²) in [4.78, 5) is 0. The first kappa shape index (κ1) is 11.5. The molecule has 0 aliphatic rings. The van der Waals surface area contributed by atoms with Crippen molar-refractivity contribution in [2.45, 2.75) is 45.5 Å². The zero-order valence-corrected chi connectivity index (χ0v) is 9.83. The van der Waals surface area contributed by atoms with Gasteiger partial charge >= 0.3 is 0 Å². The summed E-state index contributed by atoms with van der Waals surface area (Å²) in [6.45, 7) is 7.27. The molecule has 4 heteroatoms. The summed E-state index contributed by atoms with van der Waals surface area (Å²) < 4.78 is 1.89. The molecule has 0 amide bonds. The number of nitrogens with zero attached hydrogens (tertiary/aromatic N) is 3. The van der Waals surface area contributed by atoms with Gasteiger partial charge in [0.1, 0.15) is 5.69 Å². The predicted octanol–water partition coefficient (Wildman–Crippen LogP) is 3.01. The van der Waals surface area contributed by atoms with Gasteiger partial charge in [-0.3, -0.25) is 4.68 Å². The van der Waals surface area contributed by atoms with Crippen molar-refractivity contribution in [1.82, 2.24) is 15.0 Å². The molecule has 1 rings (SSSR count). The largest absolute Gasteiger partial charge is 0.252 e. The summed E-state index contributed by atoms with van der Waals surface area (Å²) in [7, 11) is 0. The fraction of sp³-hybridized carbons (Fsp3) is 0.800. The Kier molecular flexibility index (Phi) is 4.39. The van der Waals surface area contributed by atoms with E-state index in [0.717, 1.165) is 12.2 Å². The van der Waals surface area contributed by atoms with Gasteiger partial charge in [0.2, 0.25) is 0 Å². The molecule has 0 bridgehead atoms. The third-order valence-corrected chi connectivity index (χ3v) is 2.79. The molecule has 1 aromatic rings. The van der Waals surface area contributed by atoms with Gasteiger partial charge in [0.05, 0.1) is 5.38 Å². The van der Waals surface area contributed by atoms with Crippen LogP contribution in [0.25, 0.3) is 0 Å². The minimum atomic E-state index is -0.0505. The molecule has 1 atom stereocenters. The van der Waals surface area contributed by atoms with Crippen molar-refractivity contribution >= 4 is 11.6 Å². The minimum absolute atomic E-state index is 0.0505. The van der Waals surface area contributed by atoms with Crippen molar-refractivity contribution in [3.8, 4) is 0 Å². The van der Waals surface area contributed by atoms with Crippen molar-refractivity contribution in [2.24, 2.45) is 5.92 Å². The van der Waals surface area contributed by atoms with E-state index in [9.17, 15) is 0 Å². The normalized spacial score (nSPS) is 13.5. The third kappa shape index (κ3) is 2.98. The maximum atomic E-state index is 5.90. The second-order valence-corrected chi connectivity index (χ2v) is 4.32. The van der Waals surface area contributed by atoms with E-state index in [0.29, 0.717) is 5.92 Å². The highest BCUT2D eigenvalue weighted by Crippen LogP contribution is 2.16. The maximum Gasteiger partial charge on any atom is 0.100 e. The predicted molar refractivity (Wildman–Crippen MR) is 58.4 cm³/mol. The van der Waals surface area contributed by atoms with E-state index in [4.69, 9.17) is 11.6 Å². The van der Waals surface area contributed by atoms with Crippen molar-refractivity contribution in [2.75, 3.05) is 0 Å². The lowest BCUT2D eigenvalue weighted by Gasteiger charge is -2.10. The van der Waals surface area contributed by atoms with Gasteiger partial charge in [-0.1, -0.05) is 31.9 Å². The van der Waals surface area contributed by atoms with Crippen LogP contribution >= 0.6 is 11.6 Å². The molecule has 0 aliphatic heterocycles. The van der Waals surface area contributed by atoms with Crippen LogP contribution in [0.1, 0.15) is 44.7 Å². The lowest BCUT2D eigenvalue weighted by atomic mass is 10.0. The molecule has 0 saturated heterocycles. The van der Waals surface area contributed by atoms with Gasteiger partial charge in [0.15, 0.2) is 0 Å². The van der Waals surface area contributed by atoms with E-state index >= 15 is 0 Å². The molecule has 0 aromatic carbocycles. The minimum Gasteiger partial charge on any atom is -0.252 e. The zero-order chi connectivity index (χ0) is 10.6. The van der Waals surface area contributed by atoms with Gasteiger partial charge < -0.3 is 0 Å². The molecular formula is C10H18ClN3. The van der Waals surface area contributed by atoms with Crippen molar-refractivity contribution in [3.05, 3.63) is 11.9 Å². The molecule has 1 unspecified atom stereocenters. The highest BCUT2D eigenvalue weighted by Gasteiger charge is 2.09. The standard InChI is InChI=1S/C10H18ClN3/c1-4-9(5-2)6-14-7-10(8(3)11)12-13-14/h7-9H,4-6H2,1-3H3. The van der Waals surface area contributed by atoms with Crippen LogP contribution in [0.3, 0.4) is 0 Å². The molecule has 0 aliphatic carbocycles. The average Bonchev–Trinajstić information content (AvgIpc) is 2.62. The van der Waals surface area contributed by atoms with Gasteiger partial charge in [-0.25, -0.2) is 0 Å². The molecule has 0 radical (unpaired) electrons. The molecule has 0 N–H and O–H groups in total. The second-order valence-electron chi connectivity index (χ2n) is 3.66. The fourth-order valence-electron chi connectivity index (χ4n) is 1.40. The first-order valence-electron chi connectivity index (χ1n) is 5.21. The Morgan fingerprint density at radius 2 is 2.07 bits per heavy atom. The monoisotopic (exact) mass is 215 g/mol. The first-order chi connectivity index (χ1) is 6.67. The van der Waals surface area contributed by atoms with Crippen LogP contribution in [0.2, 0.25) is 0 Å². The van der Waals surface area contributed by atoms with Gasteiger partial charge in [-0.2, -0.15) is 0 Å². The number of alkyl halides is 1. The van der Waals surface area contributed by atoms with E-state index in [-0.39, 0.29) is 5.38 Å². The Morgan fingerprint density at radius 1 is 1.43 bits per heavy atom. The number of rotatable bonds is 5. The zero-order valence-electron chi connectivity index (χ0n) is 9.07. The number of aromatic nitrogens is 3. The summed E-state index contributed by atoms with van der Waals surface area (Å²) in [5.74, 6) is 0.690. The van der Waals surface area contributed by atoms with Gasteiger partial charge in [0, 0.05) is 12.7 Å². The summed E-state index contributed by atoms with van der Waals surface area (Å²) in [5.41, 5.74) is 0.859. The molecule has 0 fully saturated rings. The van der Waals surface area contributed by atoms with E-state index in [1.54, 1.807) is 0 Å². The molecular weight excluding hydrogens is 198 g/mol. The Balaban J connectivity index is 2.58. The van der Waals surface area contributed by atoms with E-state index in [2.05, 4.69) is 24.2 Å². The Morgan fingerprint density at radius 3 is 2.50 bits per heavy atom. The summed E-state index contributed by atoms with van der Waals surface area (Å²) in [6.07, 6.45) is 4.31. The smallest absolute Gasteiger partial charge is 0.100 e. The second kappa shape index (κ2) is 5.35. The van der Waals surface area contributed by atoms with Crippen LogP contribution < -0.4 is 0 Å². The lowest BCUT2D eigenvalue weighted by Crippen LogP contribution is -2.09. The summed E-state index contributed by atoms with van der Waals surface area (Å²) in [6, 6.07) is 0. The van der Waals surface area contributed by atoms with E-state index < -0.39 is 0 Å². The molecule has 14 heavy (non-hydrogen) atoms. The lowest BCUT2D eigenvalue weighted by molar-refractivity contribution is 0.390. The van der Waals surface area contributed by atoms with Crippen LogP contribution in [0.4, 0.5) is 0 Å². The Hall–Kier alpha value is -0.570.